The molecule has 0 spiro atoms. The van der Waals surface area contributed by atoms with Crippen molar-refractivity contribution < 1.29 is 19.1 Å². The number of carbonyl (C=O) groups is 2. The minimum absolute atomic E-state index is 0.0916. The number of fused-ring (bicyclic) bond motifs is 1. The van der Waals surface area contributed by atoms with Gasteiger partial charge in [0.2, 0.25) is 0 Å². The molecule has 1 aromatic carbocycles. The number of carbonyl (C=O) groups excluding carboxylic acids is 2. The van der Waals surface area contributed by atoms with Crippen molar-refractivity contribution in [2.45, 2.75) is 26.4 Å². The molecule has 0 saturated heterocycles. The molecule has 104 valence electrons. The molecule has 0 unspecified atom stereocenters. The van der Waals surface area contributed by atoms with Gasteiger partial charge in [0.05, 0.1) is 0 Å². The van der Waals surface area contributed by atoms with Crippen LogP contribution in [0.25, 0.3) is 10.8 Å². The molecule has 1 aromatic heterocycles. The van der Waals surface area contributed by atoms with Crippen molar-refractivity contribution >= 4 is 22.9 Å². The molecule has 2 rings (SSSR count). The number of nitrogens with zero attached hydrogens (tertiary/aromatic N) is 1. The van der Waals surface area contributed by atoms with Crippen molar-refractivity contribution in [2.75, 3.05) is 0 Å². The Labute approximate surface area is 116 Å². The molecule has 20 heavy (non-hydrogen) atoms. The Morgan fingerprint density at radius 2 is 1.80 bits per heavy atom. The summed E-state index contributed by atoms with van der Waals surface area (Å²) >= 11 is 0. The van der Waals surface area contributed by atoms with Crippen molar-refractivity contribution in [1.82, 2.24) is 4.98 Å². The molecule has 0 aliphatic heterocycles. The summed E-state index contributed by atoms with van der Waals surface area (Å²) in [6.07, 6.45) is 0.464. The maximum Gasteiger partial charge on any atom is 0.516 e. The highest BCUT2D eigenvalue weighted by Gasteiger charge is 2.22. The fourth-order valence-corrected chi connectivity index (χ4v) is 1.68. The quantitative estimate of drug-likeness (QED) is 0.589. The summed E-state index contributed by atoms with van der Waals surface area (Å²) in [4.78, 5) is 27.4. The first-order valence-corrected chi connectivity index (χ1v) is 6.16. The second-order valence-corrected chi connectivity index (χ2v) is 5.23. The third kappa shape index (κ3) is 3.32. The van der Waals surface area contributed by atoms with Crippen LogP contribution < -0.4 is 0 Å². The van der Waals surface area contributed by atoms with Crippen LogP contribution in [0.4, 0.5) is 4.79 Å². The van der Waals surface area contributed by atoms with E-state index < -0.39 is 17.7 Å². The van der Waals surface area contributed by atoms with Crippen LogP contribution in [0.1, 0.15) is 31.3 Å². The summed E-state index contributed by atoms with van der Waals surface area (Å²) < 4.78 is 9.59. The van der Waals surface area contributed by atoms with Crippen LogP contribution >= 0.6 is 0 Å². The Hall–Kier alpha value is -2.43. The molecule has 0 aliphatic carbocycles. The van der Waals surface area contributed by atoms with Crippen LogP contribution in [0.15, 0.2) is 36.5 Å². The first-order chi connectivity index (χ1) is 9.37. The standard InChI is InChI=1S/C15H15NO4/c1-15(2,3)20-14(18)19-13(17)12-11-7-5-4-6-10(11)8-9-16-12/h4-9H,1-3H3. The van der Waals surface area contributed by atoms with E-state index in [1.165, 1.54) is 6.20 Å². The van der Waals surface area contributed by atoms with E-state index >= 15 is 0 Å². The molecule has 0 saturated carbocycles. The zero-order valence-electron chi connectivity index (χ0n) is 11.5. The zero-order valence-corrected chi connectivity index (χ0v) is 11.5. The fourth-order valence-electron chi connectivity index (χ4n) is 1.68. The minimum Gasteiger partial charge on any atom is -0.428 e. The number of hydrogen-bond donors (Lipinski definition) is 0. The van der Waals surface area contributed by atoms with E-state index in [1.54, 1.807) is 39.0 Å². The Kier molecular flexibility index (Phi) is 3.70. The smallest absolute Gasteiger partial charge is 0.428 e. The van der Waals surface area contributed by atoms with E-state index in [0.717, 1.165) is 5.39 Å². The van der Waals surface area contributed by atoms with E-state index in [1.807, 2.05) is 12.1 Å². The summed E-state index contributed by atoms with van der Waals surface area (Å²) in [5.41, 5.74) is -0.627. The monoisotopic (exact) mass is 273 g/mol. The van der Waals surface area contributed by atoms with Gasteiger partial charge < -0.3 is 9.47 Å². The van der Waals surface area contributed by atoms with Gasteiger partial charge in [0.1, 0.15) is 5.60 Å². The van der Waals surface area contributed by atoms with Crippen LogP contribution in [0.5, 0.6) is 0 Å². The molecule has 5 nitrogen and oxygen atoms in total. The van der Waals surface area contributed by atoms with Gasteiger partial charge in [-0.15, -0.1) is 0 Å². The van der Waals surface area contributed by atoms with Gasteiger partial charge in [-0.05, 0) is 32.2 Å². The topological polar surface area (TPSA) is 65.5 Å². The Morgan fingerprint density at radius 3 is 2.50 bits per heavy atom. The Bertz CT molecular complexity index is 653. The summed E-state index contributed by atoms with van der Waals surface area (Å²) in [7, 11) is 0. The second kappa shape index (κ2) is 5.28. The van der Waals surface area contributed by atoms with Crippen molar-refractivity contribution in [2.24, 2.45) is 0 Å². The highest BCUT2D eigenvalue weighted by atomic mass is 16.7. The molecule has 0 N–H and O–H groups in total. The van der Waals surface area contributed by atoms with Gasteiger partial charge in [0, 0.05) is 11.6 Å². The molecule has 0 bridgehead atoms. The molecule has 5 heteroatoms. The van der Waals surface area contributed by atoms with E-state index in [-0.39, 0.29) is 5.69 Å². The van der Waals surface area contributed by atoms with Crippen LogP contribution in [-0.2, 0) is 9.47 Å². The predicted molar refractivity (Wildman–Crippen MR) is 73.4 cm³/mol. The maximum atomic E-state index is 12.0. The van der Waals surface area contributed by atoms with E-state index in [4.69, 9.17) is 4.74 Å². The van der Waals surface area contributed by atoms with Gasteiger partial charge in [0.15, 0.2) is 5.69 Å². The van der Waals surface area contributed by atoms with Gasteiger partial charge in [0.25, 0.3) is 0 Å². The van der Waals surface area contributed by atoms with Gasteiger partial charge >= 0.3 is 12.1 Å². The number of aromatic nitrogens is 1. The summed E-state index contributed by atoms with van der Waals surface area (Å²) in [6, 6.07) is 9.01. The summed E-state index contributed by atoms with van der Waals surface area (Å²) in [5, 5.41) is 1.47. The number of benzene rings is 1. The van der Waals surface area contributed by atoms with Crippen LogP contribution in [0.3, 0.4) is 0 Å². The van der Waals surface area contributed by atoms with Crippen molar-refractivity contribution in [3.63, 3.8) is 0 Å². The van der Waals surface area contributed by atoms with E-state index in [9.17, 15) is 9.59 Å². The average Bonchev–Trinajstić information content (AvgIpc) is 2.35. The summed E-state index contributed by atoms with van der Waals surface area (Å²) in [6.45, 7) is 5.07. The molecular weight excluding hydrogens is 258 g/mol. The largest absolute Gasteiger partial charge is 0.516 e. The second-order valence-electron chi connectivity index (χ2n) is 5.23. The highest BCUT2D eigenvalue weighted by molar-refractivity contribution is 6.05. The number of rotatable bonds is 1. The first-order valence-electron chi connectivity index (χ1n) is 6.16. The van der Waals surface area contributed by atoms with Crippen molar-refractivity contribution in [3.8, 4) is 0 Å². The fraction of sp³-hybridized carbons (Fsp3) is 0.267. The van der Waals surface area contributed by atoms with Gasteiger partial charge in [-0.2, -0.15) is 0 Å². The highest BCUT2D eigenvalue weighted by Crippen LogP contribution is 2.17. The maximum absolute atomic E-state index is 12.0. The predicted octanol–water partition coefficient (Wildman–Crippen LogP) is 3.33. The zero-order chi connectivity index (χ0) is 14.8. The average molecular weight is 273 g/mol. The van der Waals surface area contributed by atoms with Crippen LogP contribution in [0, 0.1) is 0 Å². The van der Waals surface area contributed by atoms with Gasteiger partial charge in [-0.25, -0.2) is 14.6 Å². The number of hydrogen-bond acceptors (Lipinski definition) is 5. The lowest BCUT2D eigenvalue weighted by Gasteiger charge is -2.18. The molecule has 0 atom stereocenters. The van der Waals surface area contributed by atoms with Gasteiger partial charge in [-0.3, -0.25) is 0 Å². The number of esters is 1. The lowest BCUT2D eigenvalue weighted by molar-refractivity contribution is -0.00170. The number of ether oxygens (including phenoxy) is 2. The normalized spacial score (nSPS) is 11.2. The molecule has 0 aliphatic rings. The minimum atomic E-state index is -1.03. The SMILES string of the molecule is CC(C)(C)OC(=O)OC(=O)c1nccc2ccccc12. The lowest BCUT2D eigenvalue weighted by atomic mass is 10.1. The van der Waals surface area contributed by atoms with Crippen molar-refractivity contribution in [1.29, 1.82) is 0 Å². The molecule has 0 fully saturated rings. The van der Waals surface area contributed by atoms with E-state index in [2.05, 4.69) is 9.72 Å². The molecule has 1 heterocycles. The molecule has 2 aromatic rings. The van der Waals surface area contributed by atoms with Crippen LogP contribution in [0.2, 0.25) is 0 Å². The van der Waals surface area contributed by atoms with Crippen molar-refractivity contribution in [3.05, 3.63) is 42.2 Å². The van der Waals surface area contributed by atoms with Crippen LogP contribution in [-0.4, -0.2) is 22.7 Å². The third-order valence-corrected chi connectivity index (χ3v) is 2.43. The summed E-state index contributed by atoms with van der Waals surface area (Å²) in [5.74, 6) is -0.823. The van der Waals surface area contributed by atoms with Gasteiger partial charge in [-0.1, -0.05) is 24.3 Å². The molecule has 0 radical (unpaired) electrons. The Morgan fingerprint density at radius 1 is 1.10 bits per heavy atom. The molecular formula is C15H15NO4. The number of pyridine rings is 1. The first kappa shape index (κ1) is 14.0. The third-order valence-electron chi connectivity index (χ3n) is 2.43. The van der Waals surface area contributed by atoms with E-state index in [0.29, 0.717) is 5.39 Å². The molecule has 0 amide bonds. The Balaban J connectivity index is 2.22. The lowest BCUT2D eigenvalue weighted by Crippen LogP contribution is -2.26.